The van der Waals surface area contributed by atoms with Gasteiger partial charge < -0.3 is 9.47 Å². The summed E-state index contributed by atoms with van der Waals surface area (Å²) in [6, 6.07) is 10.5. The molecule has 0 fully saturated rings. The molecule has 0 atom stereocenters. The van der Waals surface area contributed by atoms with Gasteiger partial charge in [-0.05, 0) is 49.2 Å². The van der Waals surface area contributed by atoms with E-state index in [9.17, 15) is 26.4 Å². The number of aryl methyl sites for hydroxylation is 1. The van der Waals surface area contributed by atoms with Crippen molar-refractivity contribution < 1.29 is 38.7 Å². The predicted molar refractivity (Wildman–Crippen MR) is 134 cm³/mol. The van der Waals surface area contributed by atoms with Crippen LogP contribution in [0.3, 0.4) is 0 Å². The zero-order chi connectivity index (χ0) is 27.4. The van der Waals surface area contributed by atoms with Gasteiger partial charge in [-0.1, -0.05) is 19.9 Å². The Balaban J connectivity index is 0.00000380. The predicted octanol–water partition coefficient (Wildman–Crippen LogP) is 5.27. The molecule has 12 heteroatoms. The van der Waals surface area contributed by atoms with Crippen LogP contribution < -0.4 is 14.2 Å². The molecule has 0 aliphatic carbocycles. The summed E-state index contributed by atoms with van der Waals surface area (Å²) in [7, 11) is -4.39. The normalized spacial score (nSPS) is 11.9. The number of sulfonamides is 1. The lowest BCUT2D eigenvalue weighted by molar-refractivity contribution is -0.0244. The average Bonchev–Trinajstić information content (AvgIpc) is 2.80. The molecule has 2 aromatic heterocycles. The topological polar surface area (TPSA) is 107 Å². The second kappa shape index (κ2) is 11.2. The van der Waals surface area contributed by atoms with Crippen LogP contribution in [-0.2, 0) is 10.0 Å². The van der Waals surface area contributed by atoms with Gasteiger partial charge in [0, 0.05) is 27.1 Å². The van der Waals surface area contributed by atoms with Crippen molar-refractivity contribution in [3.8, 4) is 22.9 Å². The van der Waals surface area contributed by atoms with E-state index in [0.29, 0.717) is 19.2 Å². The minimum absolute atomic E-state index is 0. The molecule has 0 aliphatic rings. The number of halogens is 3. The number of carbonyl (C=O) groups is 1. The van der Waals surface area contributed by atoms with Crippen molar-refractivity contribution in [3.05, 3.63) is 65.6 Å². The molecule has 0 saturated heterocycles. The highest BCUT2D eigenvalue weighted by molar-refractivity contribution is 7.90. The van der Waals surface area contributed by atoms with Crippen molar-refractivity contribution in [1.82, 2.24) is 14.7 Å². The van der Waals surface area contributed by atoms with Crippen LogP contribution in [0.2, 0.25) is 0 Å². The second-order valence-electron chi connectivity index (χ2n) is 8.84. The maximum Gasteiger partial charge on any atom is 0.281 e. The van der Waals surface area contributed by atoms with Gasteiger partial charge in [0.2, 0.25) is 5.88 Å². The molecule has 0 radical (unpaired) electrons. The first-order chi connectivity index (χ1) is 17.2. The summed E-state index contributed by atoms with van der Waals surface area (Å²) in [5.41, 5.74) is 0.303. The fourth-order valence-corrected chi connectivity index (χ4v) is 4.01. The van der Waals surface area contributed by atoms with E-state index < -0.39 is 50.7 Å². The van der Waals surface area contributed by atoms with E-state index in [1.807, 2.05) is 18.6 Å². The summed E-state index contributed by atoms with van der Waals surface area (Å²) in [5, 5.41) is -0.401. The van der Waals surface area contributed by atoms with E-state index in [1.54, 1.807) is 13.0 Å². The Labute approximate surface area is 215 Å². The first-order valence-corrected chi connectivity index (χ1v) is 12.7. The van der Waals surface area contributed by atoms with Crippen LogP contribution in [0.25, 0.3) is 11.3 Å². The number of ether oxygens (including phenoxy) is 2. The average molecular weight is 542 g/mol. The molecule has 1 amide bonds. The fourth-order valence-electron chi connectivity index (χ4n) is 3.03. The maximum absolute atomic E-state index is 14.3. The Morgan fingerprint density at radius 2 is 1.84 bits per heavy atom. The Bertz CT molecular complexity index is 1400. The number of amides is 1. The third-order valence-electron chi connectivity index (χ3n) is 4.68. The van der Waals surface area contributed by atoms with Crippen LogP contribution >= 0.6 is 0 Å². The number of hydrogen-bond acceptors (Lipinski definition) is 7. The zero-order valence-electron chi connectivity index (χ0n) is 20.6. The lowest BCUT2D eigenvalue weighted by Crippen LogP contribution is -2.32. The number of alkyl halides is 2. The van der Waals surface area contributed by atoms with Gasteiger partial charge in [-0.25, -0.2) is 27.9 Å². The van der Waals surface area contributed by atoms with Gasteiger partial charge in [-0.15, -0.1) is 0 Å². The fraction of sp³-hybridized carbons (Fsp3) is 0.320. The molecule has 37 heavy (non-hydrogen) atoms. The zero-order valence-corrected chi connectivity index (χ0v) is 21.4. The summed E-state index contributed by atoms with van der Waals surface area (Å²) < 4.78 is 79.1. The largest absolute Gasteiger partial charge is 0.493 e. The molecule has 3 rings (SSSR count). The molecule has 1 aromatic carbocycles. The van der Waals surface area contributed by atoms with Gasteiger partial charge in [0.15, 0.2) is 11.6 Å². The lowest BCUT2D eigenvalue weighted by Gasteiger charge is -2.16. The standard InChI is InChI=1S/C25H26F3N3O5S.2H2/c1-15(2)13-35-19-11-17(10-18(26)12-19)21-9-8-20(24(30-21)36-14-25(4,27)28)23(32)31-37(33,34)22-7-5-6-16(3)29-22;;/h5-12,15H,13-14H2,1-4H3,(H,31,32);2*1H. The number of rotatable bonds is 10. The number of hydrogen-bond donors (Lipinski definition) is 1. The van der Waals surface area contributed by atoms with Crippen molar-refractivity contribution in [2.75, 3.05) is 13.2 Å². The highest BCUT2D eigenvalue weighted by Crippen LogP contribution is 2.29. The minimum Gasteiger partial charge on any atom is -0.493 e. The van der Waals surface area contributed by atoms with Gasteiger partial charge in [-0.3, -0.25) is 4.79 Å². The number of aromatic nitrogens is 2. The van der Waals surface area contributed by atoms with E-state index in [-0.39, 0.29) is 25.8 Å². The monoisotopic (exact) mass is 541 g/mol. The summed E-state index contributed by atoms with van der Waals surface area (Å²) >= 11 is 0. The molecule has 0 bridgehead atoms. The van der Waals surface area contributed by atoms with Crippen molar-refractivity contribution in [2.24, 2.45) is 5.92 Å². The Hall–Kier alpha value is -3.67. The molecule has 8 nitrogen and oxygen atoms in total. The van der Waals surface area contributed by atoms with Crippen LogP contribution in [0.5, 0.6) is 11.6 Å². The Morgan fingerprint density at radius 3 is 2.49 bits per heavy atom. The summed E-state index contributed by atoms with van der Waals surface area (Å²) in [6.07, 6.45) is 0. The van der Waals surface area contributed by atoms with E-state index in [2.05, 4.69) is 9.97 Å². The second-order valence-corrected chi connectivity index (χ2v) is 10.5. The third-order valence-corrected chi connectivity index (χ3v) is 5.91. The Morgan fingerprint density at radius 1 is 1.11 bits per heavy atom. The summed E-state index contributed by atoms with van der Waals surface area (Å²) in [4.78, 5) is 20.9. The molecule has 3 aromatic rings. The van der Waals surface area contributed by atoms with Gasteiger partial charge in [0.1, 0.15) is 17.1 Å². The number of benzene rings is 1. The molecule has 0 unspecified atom stereocenters. The van der Waals surface area contributed by atoms with Crippen molar-refractivity contribution >= 4 is 15.9 Å². The van der Waals surface area contributed by atoms with Gasteiger partial charge >= 0.3 is 0 Å². The molecular formula is C25H30F3N3O5S. The molecule has 2 heterocycles. The van der Waals surface area contributed by atoms with Crippen LogP contribution in [0, 0.1) is 18.7 Å². The van der Waals surface area contributed by atoms with E-state index in [0.717, 1.165) is 12.1 Å². The SMILES string of the molecule is Cc1cccc(S(=O)(=O)NC(=O)c2ccc(-c3cc(F)cc(OCC(C)C)c3)nc2OCC(C)(F)F)n1.[HH].[HH]. The maximum atomic E-state index is 14.3. The molecule has 0 saturated carbocycles. The minimum atomic E-state index is -4.39. The van der Waals surface area contributed by atoms with Crippen LogP contribution in [-0.4, -0.2) is 43.4 Å². The van der Waals surface area contributed by atoms with E-state index in [4.69, 9.17) is 9.47 Å². The molecule has 1 N–H and O–H groups in total. The van der Waals surface area contributed by atoms with Crippen molar-refractivity contribution in [1.29, 1.82) is 0 Å². The summed E-state index contributed by atoms with van der Waals surface area (Å²) in [6.45, 7) is 5.23. The Kier molecular flexibility index (Phi) is 8.42. The van der Waals surface area contributed by atoms with Gasteiger partial charge in [0.25, 0.3) is 21.9 Å². The van der Waals surface area contributed by atoms with E-state index >= 15 is 0 Å². The summed E-state index contributed by atoms with van der Waals surface area (Å²) in [5.74, 6) is -5.22. The van der Waals surface area contributed by atoms with Crippen molar-refractivity contribution in [3.63, 3.8) is 0 Å². The van der Waals surface area contributed by atoms with Gasteiger partial charge in [0.05, 0.1) is 12.3 Å². The highest BCUT2D eigenvalue weighted by atomic mass is 32.2. The highest BCUT2D eigenvalue weighted by Gasteiger charge is 2.27. The van der Waals surface area contributed by atoms with Crippen LogP contribution in [0.4, 0.5) is 13.2 Å². The van der Waals surface area contributed by atoms with Crippen LogP contribution in [0.15, 0.2) is 53.6 Å². The smallest absolute Gasteiger partial charge is 0.281 e. The lowest BCUT2D eigenvalue weighted by atomic mass is 10.1. The third kappa shape index (κ3) is 7.91. The van der Waals surface area contributed by atoms with E-state index in [1.165, 1.54) is 30.3 Å². The van der Waals surface area contributed by atoms with Crippen LogP contribution in [0.1, 0.15) is 39.7 Å². The number of nitrogens with zero attached hydrogens (tertiary/aromatic N) is 2. The number of nitrogens with one attached hydrogen (secondary N) is 1. The first kappa shape index (κ1) is 27.9. The first-order valence-electron chi connectivity index (χ1n) is 11.2. The molecular weight excluding hydrogens is 511 g/mol. The quantitative estimate of drug-likeness (QED) is 0.373. The van der Waals surface area contributed by atoms with Gasteiger partial charge in [-0.2, -0.15) is 8.42 Å². The molecule has 0 spiro atoms. The molecule has 0 aliphatic heterocycles. The number of pyridine rings is 2. The van der Waals surface area contributed by atoms with Crippen molar-refractivity contribution in [2.45, 2.75) is 38.6 Å². The molecule has 202 valence electrons. The number of carbonyl (C=O) groups excluding carboxylic acids is 1.